The fraction of sp³-hybridized carbons (Fsp3) is 0.667. The highest BCUT2D eigenvalue weighted by Crippen LogP contribution is 2.44. The standard InChI is InChI=1S/C24H36N4O2.HI/c1-27(2)23(29)14-25-24(26-22-13-19-8-9-21(22)12-19)28-11-10-20(15-28)17-30-16-18-6-4-3-5-7-18;/h3-7,19-22H,8-17H2,1-2H3,(H,25,26);1H. The van der Waals surface area contributed by atoms with E-state index in [2.05, 4.69) is 34.5 Å². The Morgan fingerprint density at radius 2 is 2.00 bits per heavy atom. The zero-order chi connectivity index (χ0) is 20.9. The number of halogens is 1. The van der Waals surface area contributed by atoms with Gasteiger partial charge in [0.2, 0.25) is 5.91 Å². The molecule has 1 N–H and O–H groups in total. The Morgan fingerprint density at radius 1 is 1.19 bits per heavy atom. The Kier molecular flexibility index (Phi) is 9.01. The number of nitrogens with one attached hydrogen (secondary N) is 1. The molecule has 1 heterocycles. The van der Waals surface area contributed by atoms with E-state index in [-0.39, 0.29) is 36.4 Å². The third-order valence-corrected chi connectivity index (χ3v) is 6.97. The first kappa shape index (κ1) is 24.3. The molecule has 0 aromatic heterocycles. The number of ether oxygens (including phenoxy) is 1. The number of amides is 1. The number of fused-ring (bicyclic) bond motifs is 2. The molecular formula is C24H37IN4O2. The second-order valence-electron chi connectivity index (χ2n) is 9.46. The average molecular weight is 540 g/mol. The monoisotopic (exact) mass is 540 g/mol. The van der Waals surface area contributed by atoms with Gasteiger partial charge in [0.1, 0.15) is 6.54 Å². The molecule has 1 aliphatic heterocycles. The van der Waals surface area contributed by atoms with Crippen LogP contribution in [0, 0.1) is 17.8 Å². The molecule has 2 saturated carbocycles. The minimum atomic E-state index is 0. The lowest BCUT2D eigenvalue weighted by Gasteiger charge is -2.29. The third-order valence-electron chi connectivity index (χ3n) is 6.97. The maximum Gasteiger partial charge on any atom is 0.243 e. The quantitative estimate of drug-likeness (QED) is 0.328. The van der Waals surface area contributed by atoms with Gasteiger partial charge in [0, 0.05) is 39.1 Å². The first-order chi connectivity index (χ1) is 14.6. The van der Waals surface area contributed by atoms with Crippen LogP contribution in [-0.2, 0) is 16.1 Å². The van der Waals surface area contributed by atoms with E-state index in [1.54, 1.807) is 19.0 Å². The van der Waals surface area contributed by atoms with Crippen LogP contribution in [0.1, 0.15) is 37.7 Å². The third kappa shape index (κ3) is 6.57. The highest BCUT2D eigenvalue weighted by atomic mass is 127. The largest absolute Gasteiger partial charge is 0.376 e. The van der Waals surface area contributed by atoms with Gasteiger partial charge in [0.05, 0.1) is 13.2 Å². The lowest BCUT2D eigenvalue weighted by molar-refractivity contribution is -0.127. The summed E-state index contributed by atoms with van der Waals surface area (Å²) >= 11 is 0. The zero-order valence-electron chi connectivity index (χ0n) is 18.8. The number of carbonyl (C=O) groups excluding carboxylic acids is 1. The van der Waals surface area contributed by atoms with E-state index in [1.807, 2.05) is 6.07 Å². The summed E-state index contributed by atoms with van der Waals surface area (Å²) in [4.78, 5) is 20.8. The van der Waals surface area contributed by atoms with E-state index in [9.17, 15) is 4.79 Å². The fourth-order valence-corrected chi connectivity index (χ4v) is 5.19. The van der Waals surface area contributed by atoms with Crippen molar-refractivity contribution in [3.63, 3.8) is 0 Å². The molecule has 172 valence electrons. The predicted molar refractivity (Wildman–Crippen MR) is 135 cm³/mol. The number of guanidine groups is 1. The number of hydrogen-bond donors (Lipinski definition) is 1. The molecule has 0 spiro atoms. The molecule has 4 atom stereocenters. The van der Waals surface area contributed by atoms with Crippen molar-refractivity contribution in [3.05, 3.63) is 35.9 Å². The summed E-state index contributed by atoms with van der Waals surface area (Å²) in [6.45, 7) is 3.56. The van der Waals surface area contributed by atoms with Gasteiger partial charge in [-0.15, -0.1) is 24.0 Å². The van der Waals surface area contributed by atoms with Gasteiger partial charge in [0.15, 0.2) is 5.96 Å². The Bertz CT molecular complexity index is 742. The molecule has 3 aliphatic rings. The van der Waals surface area contributed by atoms with Crippen LogP contribution < -0.4 is 5.32 Å². The van der Waals surface area contributed by atoms with E-state index in [1.165, 1.54) is 31.2 Å². The Morgan fingerprint density at radius 3 is 2.68 bits per heavy atom. The second kappa shape index (κ2) is 11.5. The Hall–Kier alpha value is -1.35. The van der Waals surface area contributed by atoms with Gasteiger partial charge >= 0.3 is 0 Å². The van der Waals surface area contributed by atoms with Gasteiger partial charge in [-0.05, 0) is 43.1 Å². The smallest absolute Gasteiger partial charge is 0.243 e. The number of likely N-dealkylation sites (tertiary alicyclic amines) is 1. The molecule has 1 aromatic carbocycles. The summed E-state index contributed by atoms with van der Waals surface area (Å²) < 4.78 is 5.99. The number of hydrogen-bond acceptors (Lipinski definition) is 3. The van der Waals surface area contributed by atoms with Crippen LogP contribution in [0.2, 0.25) is 0 Å². The Balaban J connectivity index is 0.00000272. The number of aliphatic imine (C=N–C) groups is 1. The second-order valence-corrected chi connectivity index (χ2v) is 9.46. The Labute approximate surface area is 203 Å². The van der Waals surface area contributed by atoms with Gasteiger partial charge in [-0.3, -0.25) is 4.79 Å². The summed E-state index contributed by atoms with van der Waals surface area (Å²) in [6.07, 6.45) is 6.44. The van der Waals surface area contributed by atoms with Crippen molar-refractivity contribution < 1.29 is 9.53 Å². The summed E-state index contributed by atoms with van der Waals surface area (Å²) in [5.41, 5.74) is 1.22. The molecule has 2 bridgehead atoms. The lowest BCUT2D eigenvalue weighted by Crippen LogP contribution is -2.47. The minimum Gasteiger partial charge on any atom is -0.376 e. The topological polar surface area (TPSA) is 57.2 Å². The molecule has 4 rings (SSSR count). The summed E-state index contributed by atoms with van der Waals surface area (Å²) in [5, 5.41) is 3.75. The van der Waals surface area contributed by atoms with E-state index >= 15 is 0 Å². The van der Waals surface area contributed by atoms with Gasteiger partial charge in [-0.1, -0.05) is 36.8 Å². The van der Waals surface area contributed by atoms with Gasteiger partial charge in [-0.2, -0.15) is 0 Å². The normalized spacial score (nSPS) is 27.3. The van der Waals surface area contributed by atoms with E-state index < -0.39 is 0 Å². The molecule has 7 heteroatoms. The first-order valence-electron chi connectivity index (χ1n) is 11.5. The summed E-state index contributed by atoms with van der Waals surface area (Å²) in [6, 6.07) is 10.9. The summed E-state index contributed by atoms with van der Waals surface area (Å²) in [7, 11) is 3.58. The number of likely N-dealkylation sites (N-methyl/N-ethyl adjacent to an activating group) is 1. The van der Waals surface area contributed by atoms with E-state index in [0.717, 1.165) is 43.9 Å². The first-order valence-corrected chi connectivity index (χ1v) is 11.5. The molecule has 1 amide bonds. The molecular weight excluding hydrogens is 503 g/mol. The molecule has 4 unspecified atom stereocenters. The van der Waals surface area contributed by atoms with Crippen molar-refractivity contribution in [3.8, 4) is 0 Å². The lowest BCUT2D eigenvalue weighted by atomic mass is 9.95. The van der Waals surface area contributed by atoms with Crippen molar-refractivity contribution in [1.29, 1.82) is 0 Å². The molecule has 31 heavy (non-hydrogen) atoms. The molecule has 6 nitrogen and oxygen atoms in total. The van der Waals surface area contributed by atoms with Crippen molar-refractivity contribution in [2.24, 2.45) is 22.7 Å². The SMILES string of the molecule is CN(C)C(=O)CN=C(NC1CC2CCC1C2)N1CCC(COCc2ccccc2)C1.I. The average Bonchev–Trinajstić information content (AvgIpc) is 3.49. The molecule has 2 aliphatic carbocycles. The predicted octanol–water partition coefficient (Wildman–Crippen LogP) is 3.37. The van der Waals surface area contributed by atoms with Crippen LogP contribution in [0.4, 0.5) is 0 Å². The van der Waals surface area contributed by atoms with Crippen molar-refractivity contribution >= 4 is 35.8 Å². The minimum absolute atomic E-state index is 0. The van der Waals surface area contributed by atoms with Crippen molar-refractivity contribution in [2.75, 3.05) is 40.3 Å². The number of carbonyl (C=O) groups is 1. The van der Waals surface area contributed by atoms with Crippen LogP contribution >= 0.6 is 24.0 Å². The van der Waals surface area contributed by atoms with Gasteiger partial charge < -0.3 is 19.9 Å². The highest BCUT2D eigenvalue weighted by molar-refractivity contribution is 14.0. The van der Waals surface area contributed by atoms with Gasteiger partial charge in [0.25, 0.3) is 0 Å². The van der Waals surface area contributed by atoms with Crippen LogP contribution in [0.15, 0.2) is 35.3 Å². The van der Waals surface area contributed by atoms with Gasteiger partial charge in [-0.25, -0.2) is 4.99 Å². The van der Waals surface area contributed by atoms with E-state index in [4.69, 9.17) is 9.73 Å². The van der Waals surface area contributed by atoms with Crippen LogP contribution in [0.5, 0.6) is 0 Å². The molecule has 1 aromatic rings. The molecule has 3 fully saturated rings. The van der Waals surface area contributed by atoms with E-state index in [0.29, 0.717) is 18.6 Å². The van der Waals surface area contributed by atoms with Crippen molar-refractivity contribution in [2.45, 2.75) is 44.8 Å². The maximum absolute atomic E-state index is 12.1. The number of benzene rings is 1. The summed E-state index contributed by atoms with van der Waals surface area (Å²) in [5.74, 6) is 3.13. The maximum atomic E-state index is 12.1. The highest BCUT2D eigenvalue weighted by Gasteiger charge is 2.40. The van der Waals surface area contributed by atoms with Crippen LogP contribution in [0.25, 0.3) is 0 Å². The van der Waals surface area contributed by atoms with Crippen molar-refractivity contribution in [1.82, 2.24) is 15.1 Å². The number of nitrogens with zero attached hydrogens (tertiary/aromatic N) is 3. The van der Waals surface area contributed by atoms with Crippen LogP contribution in [-0.4, -0.2) is 68.0 Å². The van der Waals surface area contributed by atoms with Crippen LogP contribution in [0.3, 0.4) is 0 Å². The molecule has 1 saturated heterocycles. The molecule has 0 radical (unpaired) electrons. The fourth-order valence-electron chi connectivity index (χ4n) is 5.19. The zero-order valence-corrected chi connectivity index (χ0v) is 21.2. The number of rotatable bonds is 7.